The van der Waals surface area contributed by atoms with Gasteiger partial charge in [-0.05, 0) is 43.0 Å². The van der Waals surface area contributed by atoms with Gasteiger partial charge < -0.3 is 15.4 Å². The number of halogens is 1. The van der Waals surface area contributed by atoms with Gasteiger partial charge in [0.25, 0.3) is 0 Å². The predicted octanol–water partition coefficient (Wildman–Crippen LogP) is 2.37. The van der Waals surface area contributed by atoms with Crippen LogP contribution in [0, 0.1) is 11.7 Å². The number of rotatable bonds is 6. The molecule has 1 aromatic carbocycles. The quantitative estimate of drug-likeness (QED) is 0.764. The van der Waals surface area contributed by atoms with Gasteiger partial charge in [0.15, 0.2) is 0 Å². The molecule has 1 aliphatic carbocycles. The molecule has 1 saturated carbocycles. The van der Waals surface area contributed by atoms with Crippen LogP contribution in [0.25, 0.3) is 0 Å². The first kappa shape index (κ1) is 12.8. The molecule has 1 aliphatic rings. The van der Waals surface area contributed by atoms with Crippen molar-refractivity contribution in [3.63, 3.8) is 0 Å². The lowest BCUT2D eigenvalue weighted by Crippen LogP contribution is -2.31. The van der Waals surface area contributed by atoms with Gasteiger partial charge in [0, 0.05) is 18.8 Å². The zero-order chi connectivity index (χ0) is 12.8. The molecule has 0 aromatic heterocycles. The van der Waals surface area contributed by atoms with Crippen LogP contribution < -0.4 is 10.6 Å². The van der Waals surface area contributed by atoms with Gasteiger partial charge in [-0.1, -0.05) is 0 Å². The van der Waals surface area contributed by atoms with Crippen molar-refractivity contribution in [2.24, 2.45) is 5.92 Å². The summed E-state index contributed by atoms with van der Waals surface area (Å²) in [6, 6.07) is 5.32. The molecule has 0 saturated heterocycles. The molecule has 0 bridgehead atoms. The van der Waals surface area contributed by atoms with E-state index < -0.39 is 0 Å². The van der Waals surface area contributed by atoms with Gasteiger partial charge in [0.05, 0.1) is 6.61 Å². The van der Waals surface area contributed by atoms with Gasteiger partial charge in [-0.2, -0.15) is 0 Å². The number of nitrogens with one attached hydrogen (secondary N) is 2. The first-order valence-electron chi connectivity index (χ1n) is 6.12. The van der Waals surface area contributed by atoms with Crippen molar-refractivity contribution in [1.29, 1.82) is 0 Å². The second-order valence-corrected chi connectivity index (χ2v) is 4.41. The summed E-state index contributed by atoms with van der Waals surface area (Å²) in [5.74, 6) is 0.410. The second kappa shape index (κ2) is 6.35. The predicted molar refractivity (Wildman–Crippen MR) is 67.0 cm³/mol. The van der Waals surface area contributed by atoms with Crippen LogP contribution in [0.3, 0.4) is 0 Å². The van der Waals surface area contributed by atoms with Gasteiger partial charge >= 0.3 is 6.03 Å². The minimum Gasteiger partial charge on any atom is -0.379 e. The average molecular weight is 252 g/mol. The summed E-state index contributed by atoms with van der Waals surface area (Å²) in [5.41, 5.74) is 0.563. The summed E-state index contributed by atoms with van der Waals surface area (Å²) in [4.78, 5) is 11.4. The minimum absolute atomic E-state index is 0.309. The van der Waals surface area contributed by atoms with Gasteiger partial charge in [-0.15, -0.1) is 0 Å². The molecule has 4 nitrogen and oxygen atoms in total. The van der Waals surface area contributed by atoms with Crippen LogP contribution in [0.1, 0.15) is 12.8 Å². The number of amides is 2. The Morgan fingerprint density at radius 1 is 1.33 bits per heavy atom. The Morgan fingerprint density at radius 2 is 2.06 bits per heavy atom. The number of urea groups is 1. The van der Waals surface area contributed by atoms with E-state index in [1.54, 1.807) is 0 Å². The zero-order valence-electron chi connectivity index (χ0n) is 10.1. The maximum atomic E-state index is 12.6. The molecule has 0 heterocycles. The summed E-state index contributed by atoms with van der Waals surface area (Å²) >= 11 is 0. The lowest BCUT2D eigenvalue weighted by atomic mass is 10.3. The molecule has 18 heavy (non-hydrogen) atoms. The van der Waals surface area contributed by atoms with Crippen LogP contribution in [-0.2, 0) is 4.74 Å². The van der Waals surface area contributed by atoms with Gasteiger partial charge in [0.1, 0.15) is 5.82 Å². The number of benzene rings is 1. The molecular formula is C13H17FN2O2. The zero-order valence-corrected chi connectivity index (χ0v) is 10.1. The third-order valence-corrected chi connectivity index (χ3v) is 2.68. The Labute approximate surface area is 106 Å². The van der Waals surface area contributed by atoms with Gasteiger partial charge in [-0.3, -0.25) is 0 Å². The van der Waals surface area contributed by atoms with E-state index in [4.69, 9.17) is 4.74 Å². The number of carbonyl (C=O) groups is 1. The average Bonchev–Trinajstić information content (AvgIpc) is 3.16. The van der Waals surface area contributed by atoms with Crippen LogP contribution >= 0.6 is 0 Å². The highest BCUT2D eigenvalue weighted by atomic mass is 19.1. The van der Waals surface area contributed by atoms with Crippen molar-refractivity contribution in [2.45, 2.75) is 12.8 Å². The van der Waals surface area contributed by atoms with Crippen molar-refractivity contribution in [2.75, 3.05) is 25.1 Å². The Bertz CT molecular complexity index is 390. The standard InChI is InChI=1S/C13H17FN2O2/c14-11-3-5-12(6-4-11)16-13(17)15-7-8-18-9-10-1-2-10/h3-6,10H,1-2,7-9H2,(H2,15,16,17). The van der Waals surface area contributed by atoms with E-state index in [1.807, 2.05) is 0 Å². The largest absolute Gasteiger partial charge is 0.379 e. The van der Waals surface area contributed by atoms with Crippen LogP contribution in [0.15, 0.2) is 24.3 Å². The monoisotopic (exact) mass is 252 g/mol. The van der Waals surface area contributed by atoms with Gasteiger partial charge in [-0.25, -0.2) is 9.18 Å². The summed E-state index contributed by atoms with van der Waals surface area (Å²) in [5, 5.41) is 5.28. The van der Waals surface area contributed by atoms with E-state index in [0.717, 1.165) is 12.5 Å². The maximum absolute atomic E-state index is 12.6. The molecule has 2 rings (SSSR count). The Balaban J connectivity index is 1.57. The summed E-state index contributed by atoms with van der Waals surface area (Å²) in [6.45, 7) is 1.79. The van der Waals surface area contributed by atoms with E-state index in [0.29, 0.717) is 18.8 Å². The number of ether oxygens (including phenoxy) is 1. The normalized spacial score (nSPS) is 14.3. The topological polar surface area (TPSA) is 50.4 Å². The van der Waals surface area contributed by atoms with Gasteiger partial charge in [0.2, 0.25) is 0 Å². The second-order valence-electron chi connectivity index (χ2n) is 4.41. The Morgan fingerprint density at radius 3 is 2.72 bits per heavy atom. The highest BCUT2D eigenvalue weighted by molar-refractivity contribution is 5.89. The molecule has 1 fully saturated rings. The number of carbonyl (C=O) groups excluding carboxylic acids is 1. The van der Waals surface area contributed by atoms with Crippen LogP contribution in [0.4, 0.5) is 14.9 Å². The fourth-order valence-electron chi connectivity index (χ4n) is 1.48. The molecule has 0 radical (unpaired) electrons. The lowest BCUT2D eigenvalue weighted by molar-refractivity contribution is 0.127. The third-order valence-electron chi connectivity index (χ3n) is 2.68. The molecule has 0 atom stereocenters. The van der Waals surface area contributed by atoms with Crippen molar-refractivity contribution in [1.82, 2.24) is 5.32 Å². The lowest BCUT2D eigenvalue weighted by Gasteiger charge is -2.07. The number of hydrogen-bond acceptors (Lipinski definition) is 2. The third kappa shape index (κ3) is 4.71. The maximum Gasteiger partial charge on any atom is 0.319 e. The highest BCUT2D eigenvalue weighted by Gasteiger charge is 2.20. The van der Waals surface area contributed by atoms with E-state index in [1.165, 1.54) is 37.1 Å². The fraction of sp³-hybridized carbons (Fsp3) is 0.462. The summed E-state index contributed by atoms with van der Waals surface area (Å²) < 4.78 is 18.0. The SMILES string of the molecule is O=C(NCCOCC1CC1)Nc1ccc(F)cc1. The van der Waals surface area contributed by atoms with Crippen molar-refractivity contribution in [3.05, 3.63) is 30.1 Å². The number of hydrogen-bond donors (Lipinski definition) is 2. The first-order valence-corrected chi connectivity index (χ1v) is 6.12. The molecular weight excluding hydrogens is 235 g/mol. The van der Waals surface area contributed by atoms with E-state index in [2.05, 4.69) is 10.6 Å². The van der Waals surface area contributed by atoms with Crippen LogP contribution in [0.2, 0.25) is 0 Å². The van der Waals surface area contributed by atoms with Crippen molar-refractivity contribution >= 4 is 11.7 Å². The van der Waals surface area contributed by atoms with Crippen LogP contribution in [0.5, 0.6) is 0 Å². The Hall–Kier alpha value is -1.62. The molecule has 0 unspecified atom stereocenters. The number of anilines is 1. The van der Waals surface area contributed by atoms with E-state index >= 15 is 0 Å². The fourth-order valence-corrected chi connectivity index (χ4v) is 1.48. The first-order chi connectivity index (χ1) is 8.74. The smallest absolute Gasteiger partial charge is 0.319 e. The molecule has 2 N–H and O–H groups in total. The summed E-state index contributed by atoms with van der Waals surface area (Å²) in [7, 11) is 0. The molecule has 5 heteroatoms. The molecule has 0 aliphatic heterocycles. The highest BCUT2D eigenvalue weighted by Crippen LogP contribution is 2.28. The molecule has 1 aromatic rings. The van der Waals surface area contributed by atoms with E-state index in [9.17, 15) is 9.18 Å². The van der Waals surface area contributed by atoms with Crippen molar-refractivity contribution in [3.8, 4) is 0 Å². The minimum atomic E-state index is -0.325. The molecule has 2 amide bonds. The Kier molecular flexibility index (Phi) is 4.52. The van der Waals surface area contributed by atoms with Crippen LogP contribution in [-0.4, -0.2) is 25.8 Å². The summed E-state index contributed by atoms with van der Waals surface area (Å²) in [6.07, 6.45) is 2.52. The van der Waals surface area contributed by atoms with E-state index in [-0.39, 0.29) is 11.8 Å². The molecule has 0 spiro atoms. The molecule has 98 valence electrons. The van der Waals surface area contributed by atoms with Crippen molar-refractivity contribution < 1.29 is 13.9 Å².